The normalized spacial score (nSPS) is 13.8. The number of hydrogen-bond donors (Lipinski definition) is 2. The van der Waals surface area contributed by atoms with Crippen LogP contribution >= 0.6 is 0 Å². The molecule has 8 heteroatoms. The number of anilines is 2. The van der Waals surface area contributed by atoms with Crippen molar-refractivity contribution in [1.29, 1.82) is 0 Å². The number of carbonyl (C=O) groups excluding carboxylic acids is 1. The van der Waals surface area contributed by atoms with Crippen LogP contribution in [0.3, 0.4) is 0 Å². The van der Waals surface area contributed by atoms with E-state index in [0.29, 0.717) is 23.5 Å². The van der Waals surface area contributed by atoms with Crippen LogP contribution in [-0.2, 0) is 16.6 Å². The zero-order chi connectivity index (χ0) is 24.8. The molecular formula is C27H31N3O4S. The Balaban J connectivity index is 1.61. The largest absolute Gasteiger partial charge is 0.496 e. The Hall–Kier alpha value is -3.52. The monoisotopic (exact) mass is 493 g/mol. The Bertz CT molecular complexity index is 1280. The molecule has 0 saturated carbocycles. The molecule has 7 nitrogen and oxygen atoms in total. The molecule has 0 radical (unpaired) electrons. The van der Waals surface area contributed by atoms with E-state index < -0.39 is 10.0 Å². The predicted molar refractivity (Wildman–Crippen MR) is 139 cm³/mol. The van der Waals surface area contributed by atoms with Gasteiger partial charge in [0.1, 0.15) is 5.75 Å². The minimum atomic E-state index is -3.82. The topological polar surface area (TPSA) is 87.7 Å². The maximum Gasteiger partial charge on any atom is 0.261 e. The van der Waals surface area contributed by atoms with E-state index in [0.717, 1.165) is 49.2 Å². The Morgan fingerprint density at radius 3 is 2.40 bits per heavy atom. The molecule has 1 aliphatic heterocycles. The summed E-state index contributed by atoms with van der Waals surface area (Å²) in [6.07, 6.45) is 3.25. The lowest BCUT2D eigenvalue weighted by molar-refractivity contribution is 0.0950. The van der Waals surface area contributed by atoms with Crippen LogP contribution in [0.2, 0.25) is 0 Å². The highest BCUT2D eigenvalue weighted by Crippen LogP contribution is 2.32. The van der Waals surface area contributed by atoms with E-state index in [9.17, 15) is 13.2 Å². The second-order valence-electron chi connectivity index (χ2n) is 8.69. The molecule has 0 aliphatic carbocycles. The first-order valence-corrected chi connectivity index (χ1v) is 13.2. The Morgan fingerprint density at radius 1 is 0.971 bits per heavy atom. The highest BCUT2D eigenvalue weighted by Gasteiger charge is 2.21. The average Bonchev–Trinajstić information content (AvgIpc) is 2.88. The van der Waals surface area contributed by atoms with Crippen molar-refractivity contribution in [2.24, 2.45) is 0 Å². The summed E-state index contributed by atoms with van der Waals surface area (Å²) in [5.74, 6) is 0.400. The zero-order valence-corrected chi connectivity index (χ0v) is 20.9. The van der Waals surface area contributed by atoms with Gasteiger partial charge < -0.3 is 15.0 Å². The summed E-state index contributed by atoms with van der Waals surface area (Å²) in [7, 11) is -2.23. The molecule has 0 atom stereocenters. The molecular weight excluding hydrogens is 462 g/mol. The van der Waals surface area contributed by atoms with E-state index in [2.05, 4.69) is 14.9 Å². The molecule has 184 valence electrons. The lowest BCUT2D eigenvalue weighted by atomic mass is 10.1. The minimum Gasteiger partial charge on any atom is -0.496 e. The van der Waals surface area contributed by atoms with Crippen LogP contribution in [0.1, 0.15) is 40.7 Å². The Labute approximate surface area is 207 Å². The zero-order valence-electron chi connectivity index (χ0n) is 20.1. The van der Waals surface area contributed by atoms with Gasteiger partial charge in [0.25, 0.3) is 15.9 Å². The van der Waals surface area contributed by atoms with Crippen LogP contribution in [0.15, 0.2) is 71.6 Å². The molecule has 35 heavy (non-hydrogen) atoms. The number of amides is 1. The molecule has 1 saturated heterocycles. The fourth-order valence-corrected chi connectivity index (χ4v) is 5.28. The molecule has 1 fully saturated rings. The smallest absolute Gasteiger partial charge is 0.261 e. The lowest BCUT2D eigenvalue weighted by Crippen LogP contribution is -2.31. The number of nitrogens with one attached hydrogen (secondary N) is 2. The third-order valence-electron chi connectivity index (χ3n) is 6.16. The summed E-state index contributed by atoms with van der Waals surface area (Å²) >= 11 is 0. The lowest BCUT2D eigenvalue weighted by Gasteiger charge is -2.31. The van der Waals surface area contributed by atoms with Crippen molar-refractivity contribution in [2.45, 2.75) is 37.6 Å². The van der Waals surface area contributed by atoms with Crippen LogP contribution in [-0.4, -0.2) is 34.5 Å². The molecule has 1 aliphatic rings. The summed E-state index contributed by atoms with van der Waals surface area (Å²) in [6, 6.07) is 19.4. The van der Waals surface area contributed by atoms with Gasteiger partial charge in [-0.25, -0.2) is 8.42 Å². The first-order valence-electron chi connectivity index (χ1n) is 11.8. The van der Waals surface area contributed by atoms with Crippen molar-refractivity contribution in [2.75, 3.05) is 29.8 Å². The number of nitrogens with zero attached hydrogens (tertiary/aromatic N) is 1. The van der Waals surface area contributed by atoms with E-state index in [1.807, 2.05) is 37.3 Å². The Kier molecular flexibility index (Phi) is 7.60. The highest BCUT2D eigenvalue weighted by molar-refractivity contribution is 7.92. The molecule has 0 bridgehead atoms. The van der Waals surface area contributed by atoms with Crippen LogP contribution in [0.25, 0.3) is 0 Å². The van der Waals surface area contributed by atoms with Crippen molar-refractivity contribution in [3.8, 4) is 5.75 Å². The van der Waals surface area contributed by atoms with Gasteiger partial charge in [-0.1, -0.05) is 35.9 Å². The van der Waals surface area contributed by atoms with E-state index in [1.54, 1.807) is 43.5 Å². The van der Waals surface area contributed by atoms with E-state index >= 15 is 0 Å². The second kappa shape index (κ2) is 10.8. The van der Waals surface area contributed by atoms with Crippen LogP contribution in [0.5, 0.6) is 5.75 Å². The molecule has 3 aromatic carbocycles. The fraction of sp³-hybridized carbons (Fsp3) is 0.296. The SMILES string of the molecule is COc1ccccc1CNC(=O)c1ccc(N2CCCCC2)c(NS(=O)(=O)c2ccc(C)cc2)c1. The Morgan fingerprint density at radius 2 is 1.69 bits per heavy atom. The first-order chi connectivity index (χ1) is 16.9. The number of piperidine rings is 1. The standard InChI is InChI=1S/C27H31N3O4S/c1-20-10-13-23(14-11-20)35(32,33)29-24-18-21(12-15-25(24)30-16-6-3-7-17-30)27(31)28-19-22-8-4-5-9-26(22)34-2/h4-5,8-15,18,29H,3,6-7,16-17,19H2,1-2H3,(H,28,31). The van der Waals surface area contributed by atoms with Crippen molar-refractivity contribution >= 4 is 27.3 Å². The number of carbonyl (C=O) groups is 1. The van der Waals surface area contributed by atoms with Gasteiger partial charge in [0.15, 0.2) is 0 Å². The quantitative estimate of drug-likeness (QED) is 0.474. The third-order valence-corrected chi connectivity index (χ3v) is 7.54. The van der Waals surface area contributed by atoms with Crippen LogP contribution in [0, 0.1) is 6.92 Å². The summed E-state index contributed by atoms with van der Waals surface area (Å²) in [6.45, 7) is 3.89. The van der Waals surface area contributed by atoms with Gasteiger partial charge in [-0.2, -0.15) is 0 Å². The fourth-order valence-electron chi connectivity index (χ4n) is 4.22. The van der Waals surface area contributed by atoms with Gasteiger partial charge in [0, 0.05) is 30.8 Å². The minimum absolute atomic E-state index is 0.179. The van der Waals surface area contributed by atoms with Gasteiger partial charge in [-0.15, -0.1) is 0 Å². The predicted octanol–water partition coefficient (Wildman–Crippen LogP) is 4.72. The van der Waals surface area contributed by atoms with Crippen molar-refractivity contribution in [3.63, 3.8) is 0 Å². The number of para-hydroxylation sites is 1. The summed E-state index contributed by atoms with van der Waals surface area (Å²) < 4.78 is 34.4. The van der Waals surface area contributed by atoms with E-state index in [1.165, 1.54) is 0 Å². The molecule has 4 rings (SSSR count). The van der Waals surface area contributed by atoms with Gasteiger partial charge in [0.05, 0.1) is 23.4 Å². The molecule has 1 amide bonds. The average molecular weight is 494 g/mol. The molecule has 3 aromatic rings. The van der Waals surface area contributed by atoms with E-state index in [4.69, 9.17) is 4.74 Å². The molecule has 0 unspecified atom stereocenters. The van der Waals surface area contributed by atoms with Crippen molar-refractivity contribution in [1.82, 2.24) is 5.32 Å². The van der Waals surface area contributed by atoms with Gasteiger partial charge >= 0.3 is 0 Å². The van der Waals surface area contributed by atoms with E-state index in [-0.39, 0.29) is 10.8 Å². The van der Waals surface area contributed by atoms with Gasteiger partial charge in [-0.3, -0.25) is 9.52 Å². The number of ether oxygens (including phenoxy) is 1. The summed E-state index contributed by atoms with van der Waals surface area (Å²) in [4.78, 5) is 15.3. The molecule has 2 N–H and O–H groups in total. The molecule has 1 heterocycles. The van der Waals surface area contributed by atoms with Crippen molar-refractivity contribution < 1.29 is 17.9 Å². The number of benzene rings is 3. The van der Waals surface area contributed by atoms with Crippen LogP contribution < -0.4 is 19.7 Å². The van der Waals surface area contributed by atoms with Crippen molar-refractivity contribution in [3.05, 3.63) is 83.4 Å². The highest BCUT2D eigenvalue weighted by atomic mass is 32.2. The van der Waals surface area contributed by atoms with Crippen LogP contribution in [0.4, 0.5) is 11.4 Å². The number of hydrogen-bond acceptors (Lipinski definition) is 5. The number of sulfonamides is 1. The maximum absolute atomic E-state index is 13.2. The number of aryl methyl sites for hydroxylation is 1. The molecule has 0 spiro atoms. The summed E-state index contributed by atoms with van der Waals surface area (Å²) in [5, 5.41) is 2.91. The second-order valence-corrected chi connectivity index (χ2v) is 10.4. The first kappa shape index (κ1) is 24.6. The maximum atomic E-state index is 13.2. The number of methoxy groups -OCH3 is 1. The summed E-state index contributed by atoms with van der Waals surface area (Å²) in [5.41, 5.74) is 3.39. The molecule has 0 aromatic heterocycles. The van der Waals surface area contributed by atoms with Gasteiger partial charge in [-0.05, 0) is 62.6 Å². The third kappa shape index (κ3) is 5.95. The number of rotatable bonds is 8. The van der Waals surface area contributed by atoms with Gasteiger partial charge in [0.2, 0.25) is 0 Å².